The first kappa shape index (κ1) is 20.1. The number of amides is 1. The molecule has 1 aromatic carbocycles. The molecular formula is C17H22N2O6. The van der Waals surface area contributed by atoms with E-state index < -0.39 is 28.5 Å². The van der Waals surface area contributed by atoms with Crippen molar-refractivity contribution in [1.29, 1.82) is 0 Å². The fourth-order valence-electron chi connectivity index (χ4n) is 1.72. The Morgan fingerprint density at radius 1 is 1.28 bits per heavy atom. The number of hydrogen-bond acceptors (Lipinski definition) is 6. The minimum atomic E-state index is -1.57. The zero-order valence-electron chi connectivity index (χ0n) is 14.7. The van der Waals surface area contributed by atoms with E-state index in [4.69, 9.17) is 4.74 Å². The number of rotatable bonds is 7. The third kappa shape index (κ3) is 6.25. The molecule has 1 unspecified atom stereocenters. The number of nitrogens with zero attached hydrogens (tertiary/aromatic N) is 1. The molecule has 0 saturated heterocycles. The lowest BCUT2D eigenvalue weighted by atomic mass is 9.99. The van der Waals surface area contributed by atoms with Crippen molar-refractivity contribution in [2.24, 2.45) is 5.41 Å². The molecule has 0 radical (unpaired) electrons. The normalized spacial score (nSPS) is 12.0. The van der Waals surface area contributed by atoms with Crippen molar-refractivity contribution in [3.05, 3.63) is 52.2 Å². The summed E-state index contributed by atoms with van der Waals surface area (Å²) in [7, 11) is 1.07. The van der Waals surface area contributed by atoms with Gasteiger partial charge < -0.3 is 14.8 Å². The second-order valence-electron chi connectivity index (χ2n) is 6.55. The number of benzene rings is 1. The lowest BCUT2D eigenvalue weighted by Gasteiger charge is -2.19. The SMILES string of the molecule is C=C(C(NC(=O)c1ccc(OCC(C)(C)C)cc1)C(=O)OC)[N+](=O)[O-]. The molecule has 1 rings (SSSR count). The molecule has 0 aliphatic heterocycles. The van der Waals surface area contributed by atoms with Crippen molar-refractivity contribution in [1.82, 2.24) is 5.32 Å². The van der Waals surface area contributed by atoms with Gasteiger partial charge in [0.1, 0.15) is 5.75 Å². The fraction of sp³-hybridized carbons (Fsp3) is 0.412. The molecule has 25 heavy (non-hydrogen) atoms. The van der Waals surface area contributed by atoms with Crippen LogP contribution in [0.25, 0.3) is 0 Å². The summed E-state index contributed by atoms with van der Waals surface area (Å²) >= 11 is 0. The Kier molecular flexibility index (Phi) is 6.67. The summed E-state index contributed by atoms with van der Waals surface area (Å²) in [4.78, 5) is 33.8. The highest BCUT2D eigenvalue weighted by Crippen LogP contribution is 2.18. The lowest BCUT2D eigenvalue weighted by Crippen LogP contribution is -2.44. The minimum Gasteiger partial charge on any atom is -0.493 e. The van der Waals surface area contributed by atoms with E-state index >= 15 is 0 Å². The smallest absolute Gasteiger partial charge is 0.339 e. The number of carbonyl (C=O) groups is 2. The predicted octanol–water partition coefficient (Wildman–Crippen LogP) is 2.17. The van der Waals surface area contributed by atoms with Crippen LogP contribution < -0.4 is 10.1 Å². The minimum absolute atomic E-state index is 0.00726. The summed E-state index contributed by atoms with van der Waals surface area (Å²) < 4.78 is 10.1. The topological polar surface area (TPSA) is 108 Å². The van der Waals surface area contributed by atoms with Crippen molar-refractivity contribution in [3.8, 4) is 5.75 Å². The van der Waals surface area contributed by atoms with Crippen molar-refractivity contribution in [3.63, 3.8) is 0 Å². The summed E-state index contributed by atoms with van der Waals surface area (Å²) in [6.07, 6.45) is 0. The number of esters is 1. The van der Waals surface area contributed by atoms with Gasteiger partial charge in [0.2, 0.25) is 6.04 Å². The van der Waals surface area contributed by atoms with Crippen molar-refractivity contribution >= 4 is 11.9 Å². The fourth-order valence-corrected chi connectivity index (χ4v) is 1.72. The van der Waals surface area contributed by atoms with Crippen LogP contribution >= 0.6 is 0 Å². The molecule has 8 nitrogen and oxygen atoms in total. The number of hydrogen-bond donors (Lipinski definition) is 1. The Bertz CT molecular complexity index is 661. The first-order valence-electron chi connectivity index (χ1n) is 7.50. The maximum absolute atomic E-state index is 12.2. The zero-order chi connectivity index (χ0) is 19.2. The lowest BCUT2D eigenvalue weighted by molar-refractivity contribution is -0.428. The van der Waals surface area contributed by atoms with E-state index in [1.54, 1.807) is 12.1 Å². The molecule has 1 aromatic rings. The highest BCUT2D eigenvalue weighted by Gasteiger charge is 2.32. The van der Waals surface area contributed by atoms with Crippen LogP contribution in [0, 0.1) is 15.5 Å². The Balaban J connectivity index is 2.82. The van der Waals surface area contributed by atoms with Gasteiger partial charge in [0.05, 0.1) is 18.6 Å². The van der Waals surface area contributed by atoms with Gasteiger partial charge in [-0.2, -0.15) is 0 Å². The number of methoxy groups -OCH3 is 1. The van der Waals surface area contributed by atoms with E-state index in [1.165, 1.54) is 12.1 Å². The van der Waals surface area contributed by atoms with E-state index in [9.17, 15) is 19.7 Å². The summed E-state index contributed by atoms with van der Waals surface area (Å²) in [5, 5.41) is 13.1. The molecule has 0 heterocycles. The standard InChI is InChI=1S/C17H22N2O6/c1-11(19(22)23)14(16(21)24-5)18-15(20)12-6-8-13(9-7-12)25-10-17(2,3)4/h6-9,14H,1,10H2,2-5H3,(H,18,20). The first-order valence-corrected chi connectivity index (χ1v) is 7.50. The van der Waals surface area contributed by atoms with Gasteiger partial charge in [-0.05, 0) is 36.3 Å². The molecule has 1 N–H and O–H groups in total. The Labute approximate surface area is 146 Å². The highest BCUT2D eigenvalue weighted by molar-refractivity contribution is 5.97. The van der Waals surface area contributed by atoms with Gasteiger partial charge >= 0.3 is 5.97 Å². The second-order valence-corrected chi connectivity index (χ2v) is 6.55. The molecule has 0 aromatic heterocycles. The largest absolute Gasteiger partial charge is 0.493 e. The molecule has 136 valence electrons. The molecule has 0 aliphatic rings. The van der Waals surface area contributed by atoms with Crippen LogP contribution in [0.3, 0.4) is 0 Å². The van der Waals surface area contributed by atoms with Crippen LogP contribution in [0.5, 0.6) is 5.75 Å². The van der Waals surface area contributed by atoms with Gasteiger partial charge in [0.25, 0.3) is 11.6 Å². The van der Waals surface area contributed by atoms with Gasteiger partial charge in [0.15, 0.2) is 0 Å². The van der Waals surface area contributed by atoms with Gasteiger partial charge in [-0.25, -0.2) is 4.79 Å². The Morgan fingerprint density at radius 2 is 1.84 bits per heavy atom. The maximum atomic E-state index is 12.2. The Morgan fingerprint density at radius 3 is 2.28 bits per heavy atom. The van der Waals surface area contributed by atoms with E-state index in [0.29, 0.717) is 12.4 Å². The van der Waals surface area contributed by atoms with E-state index in [-0.39, 0.29) is 11.0 Å². The van der Waals surface area contributed by atoms with Crippen LogP contribution in [0.4, 0.5) is 0 Å². The summed E-state index contributed by atoms with van der Waals surface area (Å²) in [6.45, 7) is 9.80. The van der Waals surface area contributed by atoms with Gasteiger partial charge in [-0.3, -0.25) is 14.9 Å². The zero-order valence-corrected chi connectivity index (χ0v) is 14.7. The molecular weight excluding hydrogens is 328 g/mol. The third-order valence-electron chi connectivity index (χ3n) is 3.07. The van der Waals surface area contributed by atoms with E-state index in [1.807, 2.05) is 20.8 Å². The van der Waals surface area contributed by atoms with E-state index in [2.05, 4.69) is 16.6 Å². The highest BCUT2D eigenvalue weighted by atomic mass is 16.6. The molecule has 1 atom stereocenters. The summed E-state index contributed by atoms with van der Waals surface area (Å²) in [5.74, 6) is -1.05. The van der Waals surface area contributed by atoms with Gasteiger partial charge in [-0.1, -0.05) is 20.8 Å². The molecule has 0 aliphatic carbocycles. The molecule has 1 amide bonds. The van der Waals surface area contributed by atoms with Crippen LogP contribution in [0.15, 0.2) is 36.5 Å². The Hall–Kier alpha value is -2.90. The predicted molar refractivity (Wildman–Crippen MR) is 90.8 cm³/mol. The van der Waals surface area contributed by atoms with Crippen molar-refractivity contribution < 1.29 is 24.0 Å². The molecule has 0 spiro atoms. The maximum Gasteiger partial charge on any atom is 0.339 e. The van der Waals surface area contributed by atoms with Crippen molar-refractivity contribution in [2.75, 3.05) is 13.7 Å². The number of ether oxygens (including phenoxy) is 2. The second kappa shape index (κ2) is 8.27. The summed E-state index contributed by atoms with van der Waals surface area (Å²) in [5.41, 5.74) is -0.467. The monoisotopic (exact) mass is 350 g/mol. The van der Waals surface area contributed by atoms with Crippen molar-refractivity contribution in [2.45, 2.75) is 26.8 Å². The van der Waals surface area contributed by atoms with Crippen LogP contribution in [-0.4, -0.2) is 36.6 Å². The van der Waals surface area contributed by atoms with Crippen LogP contribution in [-0.2, 0) is 9.53 Å². The molecule has 0 fully saturated rings. The molecule has 0 saturated carbocycles. The number of nitrogens with one attached hydrogen (secondary N) is 1. The first-order chi connectivity index (χ1) is 11.5. The van der Waals surface area contributed by atoms with E-state index in [0.717, 1.165) is 7.11 Å². The number of carbonyl (C=O) groups excluding carboxylic acids is 2. The third-order valence-corrected chi connectivity index (χ3v) is 3.07. The summed E-state index contributed by atoms with van der Waals surface area (Å²) in [6, 6.07) is 4.64. The van der Waals surface area contributed by atoms with Crippen LogP contribution in [0.2, 0.25) is 0 Å². The quantitative estimate of drug-likeness (QED) is 0.459. The van der Waals surface area contributed by atoms with Gasteiger partial charge in [-0.15, -0.1) is 0 Å². The molecule has 0 bridgehead atoms. The molecule has 8 heteroatoms. The average molecular weight is 350 g/mol. The number of nitro groups is 1. The van der Waals surface area contributed by atoms with Gasteiger partial charge in [0, 0.05) is 5.56 Å². The van der Waals surface area contributed by atoms with Crippen LogP contribution in [0.1, 0.15) is 31.1 Å². The average Bonchev–Trinajstić information content (AvgIpc) is 2.56.